The van der Waals surface area contributed by atoms with Crippen molar-refractivity contribution < 1.29 is 9.90 Å². The number of carbonyl (C=O) groups excluding carboxylic acids is 1. The molecule has 1 atom stereocenters. The fraction of sp³-hybridized carbons (Fsp3) is 0.190. The molecule has 7 heteroatoms. The van der Waals surface area contributed by atoms with E-state index >= 15 is 0 Å². The number of carbonyl (C=O) groups is 1. The number of benzene rings is 1. The zero-order chi connectivity index (χ0) is 19.3. The summed E-state index contributed by atoms with van der Waals surface area (Å²) in [6.45, 7) is 0.970. The summed E-state index contributed by atoms with van der Waals surface area (Å²) in [4.78, 5) is 13.7. The molecule has 4 N–H and O–H groups in total. The Kier molecular flexibility index (Phi) is 5.45. The van der Waals surface area contributed by atoms with Gasteiger partial charge in [0.15, 0.2) is 0 Å². The van der Waals surface area contributed by atoms with Gasteiger partial charge < -0.3 is 15.7 Å². The number of nitrogens with one attached hydrogen (secondary N) is 3. The van der Waals surface area contributed by atoms with E-state index in [1.807, 2.05) is 52.9 Å². The van der Waals surface area contributed by atoms with Crippen LogP contribution < -0.4 is 16.1 Å². The first-order valence-corrected chi connectivity index (χ1v) is 10.0. The quantitative estimate of drug-likeness (QED) is 0.578. The second-order valence-electron chi connectivity index (χ2n) is 6.48. The number of hydrogen-bond donors (Lipinski definition) is 4. The van der Waals surface area contributed by atoms with Crippen LogP contribution in [0.5, 0.6) is 0 Å². The Morgan fingerprint density at radius 2 is 2.04 bits per heavy atom. The first-order chi connectivity index (χ1) is 13.7. The third kappa shape index (κ3) is 3.95. The highest BCUT2D eigenvalue weighted by Crippen LogP contribution is 2.28. The molecule has 144 valence electrons. The van der Waals surface area contributed by atoms with Crippen LogP contribution in [-0.2, 0) is 11.3 Å². The molecule has 0 saturated carbocycles. The molecule has 2 aromatic rings. The van der Waals surface area contributed by atoms with Gasteiger partial charge in [-0.2, -0.15) is 0 Å². The Balaban J connectivity index is 1.53. The van der Waals surface area contributed by atoms with Gasteiger partial charge in [0.1, 0.15) is 11.5 Å². The number of fused-ring (bicyclic) bond motifs is 1. The molecule has 1 unspecified atom stereocenters. The van der Waals surface area contributed by atoms with Crippen LogP contribution in [0.3, 0.4) is 0 Å². The second-order valence-corrected chi connectivity index (χ2v) is 7.52. The number of hydrazine groups is 1. The molecule has 28 heavy (non-hydrogen) atoms. The van der Waals surface area contributed by atoms with Crippen LogP contribution in [0.1, 0.15) is 10.4 Å². The molecule has 2 aliphatic rings. The summed E-state index contributed by atoms with van der Waals surface area (Å²) in [5, 5.41) is 19.3. The van der Waals surface area contributed by atoms with Crippen molar-refractivity contribution in [2.75, 3.05) is 13.2 Å². The van der Waals surface area contributed by atoms with Gasteiger partial charge in [0.2, 0.25) is 0 Å². The predicted octanol–water partition coefficient (Wildman–Crippen LogP) is 1.96. The molecular formula is C21H22N4O2S. The smallest absolute Gasteiger partial charge is 0.269 e. The molecule has 2 aliphatic heterocycles. The molecule has 0 spiro atoms. The van der Waals surface area contributed by atoms with Crippen LogP contribution in [0.2, 0.25) is 0 Å². The van der Waals surface area contributed by atoms with Crippen molar-refractivity contribution in [2.45, 2.75) is 12.6 Å². The highest BCUT2D eigenvalue weighted by Gasteiger charge is 2.31. The lowest BCUT2D eigenvalue weighted by Crippen LogP contribution is -2.45. The fourth-order valence-corrected chi connectivity index (χ4v) is 3.86. The maximum Gasteiger partial charge on any atom is 0.269 e. The third-order valence-electron chi connectivity index (χ3n) is 4.55. The topological polar surface area (TPSA) is 76.6 Å². The highest BCUT2D eigenvalue weighted by molar-refractivity contribution is 7.09. The molecular weight excluding hydrogens is 372 g/mol. The minimum atomic E-state index is -0.140. The van der Waals surface area contributed by atoms with Gasteiger partial charge in [-0.05, 0) is 40.8 Å². The van der Waals surface area contributed by atoms with E-state index in [1.165, 1.54) is 0 Å². The minimum Gasteiger partial charge on any atom is -0.395 e. The number of aliphatic hydroxyl groups is 1. The fourth-order valence-electron chi connectivity index (χ4n) is 3.21. The third-order valence-corrected chi connectivity index (χ3v) is 5.43. The second kappa shape index (κ2) is 8.33. The van der Waals surface area contributed by atoms with Crippen LogP contribution in [0.4, 0.5) is 0 Å². The van der Waals surface area contributed by atoms with Crippen molar-refractivity contribution in [1.29, 1.82) is 0 Å². The highest BCUT2D eigenvalue weighted by atomic mass is 32.1. The normalized spacial score (nSPS) is 17.8. The van der Waals surface area contributed by atoms with Crippen molar-refractivity contribution in [1.82, 2.24) is 21.1 Å². The number of allylic oxidation sites excluding steroid dienone is 2. The van der Waals surface area contributed by atoms with E-state index in [1.54, 1.807) is 11.3 Å². The van der Waals surface area contributed by atoms with Crippen molar-refractivity contribution in [3.8, 4) is 0 Å². The van der Waals surface area contributed by atoms with Gasteiger partial charge in [0.05, 0.1) is 19.2 Å². The molecule has 0 aliphatic carbocycles. The molecule has 1 aromatic carbocycles. The Labute approximate surface area is 167 Å². The maximum absolute atomic E-state index is 12.6. The Morgan fingerprint density at radius 3 is 2.79 bits per heavy atom. The van der Waals surface area contributed by atoms with Crippen LogP contribution in [-0.4, -0.2) is 35.2 Å². The monoisotopic (exact) mass is 394 g/mol. The molecule has 4 rings (SSSR count). The average Bonchev–Trinajstić information content (AvgIpc) is 3.40. The van der Waals surface area contributed by atoms with E-state index in [0.717, 1.165) is 21.8 Å². The summed E-state index contributed by atoms with van der Waals surface area (Å²) in [6, 6.07) is 14.0. The van der Waals surface area contributed by atoms with Gasteiger partial charge in [0, 0.05) is 11.4 Å². The van der Waals surface area contributed by atoms with Gasteiger partial charge in [-0.15, -0.1) is 11.3 Å². The lowest BCUT2D eigenvalue weighted by Gasteiger charge is -2.32. The number of hydrogen-bond acceptors (Lipinski definition) is 6. The Morgan fingerprint density at radius 1 is 1.18 bits per heavy atom. The molecule has 1 amide bonds. The van der Waals surface area contributed by atoms with Gasteiger partial charge >= 0.3 is 0 Å². The van der Waals surface area contributed by atoms with Gasteiger partial charge in [0.25, 0.3) is 5.91 Å². The number of amides is 1. The minimum absolute atomic E-state index is 0.0296. The summed E-state index contributed by atoms with van der Waals surface area (Å²) < 4.78 is 0. The van der Waals surface area contributed by atoms with E-state index < -0.39 is 0 Å². The van der Waals surface area contributed by atoms with E-state index in [0.29, 0.717) is 18.8 Å². The van der Waals surface area contributed by atoms with Crippen molar-refractivity contribution in [2.24, 2.45) is 0 Å². The van der Waals surface area contributed by atoms with Crippen molar-refractivity contribution in [3.63, 3.8) is 0 Å². The first-order valence-electron chi connectivity index (χ1n) is 9.16. The summed E-state index contributed by atoms with van der Waals surface area (Å²) in [6.07, 6.45) is 6.06. The van der Waals surface area contributed by atoms with Crippen molar-refractivity contribution >= 4 is 22.8 Å². The van der Waals surface area contributed by atoms with Crippen molar-refractivity contribution in [3.05, 3.63) is 88.0 Å². The molecule has 0 fully saturated rings. The van der Waals surface area contributed by atoms with E-state index in [2.05, 4.69) is 34.3 Å². The standard InChI is InChI=1S/C21H22N4O2S/c26-9-8-22-20-12-16(15-5-2-1-3-6-15)11-17-13-19(24-25(17)20)21(27)23-14-18-7-4-10-28-18/h1-7,10-13,17,22,24,26H,8-9,14H2,(H,23,27). The first kappa shape index (κ1) is 18.3. The number of aliphatic hydroxyl groups excluding tert-OH is 1. The number of thiophene rings is 1. The van der Waals surface area contributed by atoms with Crippen LogP contribution in [0.15, 0.2) is 77.6 Å². The zero-order valence-electron chi connectivity index (χ0n) is 15.3. The largest absolute Gasteiger partial charge is 0.395 e. The number of rotatable bonds is 7. The molecule has 6 nitrogen and oxygen atoms in total. The lowest BCUT2D eigenvalue weighted by atomic mass is 10.00. The van der Waals surface area contributed by atoms with E-state index in [4.69, 9.17) is 0 Å². The molecule has 1 aromatic heterocycles. The summed E-state index contributed by atoms with van der Waals surface area (Å²) >= 11 is 1.62. The molecule has 0 bridgehead atoms. The van der Waals surface area contributed by atoms with Gasteiger partial charge in [-0.3, -0.25) is 15.2 Å². The van der Waals surface area contributed by atoms with Crippen LogP contribution >= 0.6 is 11.3 Å². The SMILES string of the molecule is O=C(NCc1cccs1)C1=CC2C=C(c3ccccc3)C=C(NCCO)N2N1. The van der Waals surface area contributed by atoms with Crippen LogP contribution in [0, 0.1) is 0 Å². The summed E-state index contributed by atoms with van der Waals surface area (Å²) in [5.41, 5.74) is 5.88. The van der Waals surface area contributed by atoms with E-state index in [-0.39, 0.29) is 18.6 Å². The lowest BCUT2D eigenvalue weighted by molar-refractivity contribution is -0.118. The van der Waals surface area contributed by atoms with Crippen LogP contribution in [0.25, 0.3) is 5.57 Å². The molecule has 0 radical (unpaired) electrons. The average molecular weight is 395 g/mol. The van der Waals surface area contributed by atoms with Gasteiger partial charge in [-0.1, -0.05) is 36.4 Å². The van der Waals surface area contributed by atoms with Gasteiger partial charge in [-0.25, -0.2) is 0 Å². The maximum atomic E-state index is 12.6. The predicted molar refractivity (Wildman–Crippen MR) is 111 cm³/mol. The number of nitrogens with zero attached hydrogens (tertiary/aromatic N) is 1. The molecule has 0 saturated heterocycles. The Bertz CT molecular complexity index is 919. The summed E-state index contributed by atoms with van der Waals surface area (Å²) in [7, 11) is 0. The molecule has 3 heterocycles. The summed E-state index contributed by atoms with van der Waals surface area (Å²) in [5.74, 6) is 0.677. The van der Waals surface area contributed by atoms with E-state index in [9.17, 15) is 9.90 Å². The Hall–Kier alpha value is -3.03. The zero-order valence-corrected chi connectivity index (χ0v) is 16.1.